The number of carbonyl (C=O) groups is 1. The summed E-state index contributed by atoms with van der Waals surface area (Å²) >= 11 is 1.60. The molecule has 0 fully saturated rings. The summed E-state index contributed by atoms with van der Waals surface area (Å²) in [6, 6.07) is 16.0. The van der Waals surface area contributed by atoms with E-state index in [2.05, 4.69) is 49.8 Å². The van der Waals surface area contributed by atoms with Gasteiger partial charge in [0, 0.05) is 32.4 Å². The Morgan fingerprint density at radius 2 is 1.92 bits per heavy atom. The Kier molecular flexibility index (Phi) is 7.49. The van der Waals surface area contributed by atoms with Crippen LogP contribution in [0.4, 0.5) is 23.0 Å². The number of methoxy groups -OCH3 is 1. The predicted octanol–water partition coefficient (Wildman–Crippen LogP) is 5.51. The Bertz CT molecular complexity index is 1660. The van der Waals surface area contributed by atoms with Crippen molar-refractivity contribution in [2.45, 2.75) is 0 Å². The summed E-state index contributed by atoms with van der Waals surface area (Å²) in [5.74, 6) is 1.51. The molecule has 0 unspecified atom stereocenters. The van der Waals surface area contributed by atoms with Crippen LogP contribution in [-0.2, 0) is 4.79 Å². The van der Waals surface area contributed by atoms with Gasteiger partial charge in [0.05, 0.1) is 39.9 Å². The standard InChI is InChI=1S/C29H31N7O2S/c1-6-26(37)30-21-17-22(25(38-5)18-24(21)35(4)15-14-34(2)3)32-29-31-20-12-16-39-27(20)28(33-29)36-13-11-19-9-7-8-10-23(19)36/h6-13,16-18H,1,14-15H2,2-5H3,(H,30,37)(H,31,32,33). The van der Waals surface area contributed by atoms with Gasteiger partial charge >= 0.3 is 0 Å². The van der Waals surface area contributed by atoms with Gasteiger partial charge in [0.25, 0.3) is 0 Å². The highest BCUT2D eigenvalue weighted by Gasteiger charge is 2.18. The maximum atomic E-state index is 12.3. The molecule has 10 heteroatoms. The van der Waals surface area contributed by atoms with Crippen LogP contribution in [0.5, 0.6) is 5.75 Å². The zero-order chi connectivity index (χ0) is 27.5. The second-order valence-electron chi connectivity index (χ2n) is 9.36. The first-order chi connectivity index (χ1) is 18.9. The SMILES string of the molecule is C=CC(=O)Nc1cc(Nc2nc(-n3ccc4ccccc43)c3sccc3n2)c(OC)cc1N(C)CCN(C)C. The zero-order valence-electron chi connectivity index (χ0n) is 22.4. The lowest BCUT2D eigenvalue weighted by Gasteiger charge is -2.26. The molecule has 0 atom stereocenters. The van der Waals surface area contributed by atoms with Crippen molar-refractivity contribution >= 4 is 61.4 Å². The Morgan fingerprint density at radius 3 is 2.69 bits per heavy atom. The van der Waals surface area contributed by atoms with Crippen LogP contribution < -0.4 is 20.3 Å². The number of hydrogen-bond acceptors (Lipinski definition) is 8. The third-order valence-electron chi connectivity index (χ3n) is 6.41. The van der Waals surface area contributed by atoms with E-state index in [1.807, 2.05) is 63.1 Å². The van der Waals surface area contributed by atoms with E-state index in [9.17, 15) is 4.79 Å². The maximum absolute atomic E-state index is 12.3. The number of para-hydroxylation sites is 1. The van der Waals surface area contributed by atoms with E-state index in [0.717, 1.165) is 45.7 Å². The quantitative estimate of drug-likeness (QED) is 0.226. The number of amides is 1. The molecular formula is C29H31N7O2S. The fourth-order valence-corrected chi connectivity index (χ4v) is 5.18. The number of anilines is 4. The third-order valence-corrected chi connectivity index (χ3v) is 7.31. The van der Waals surface area contributed by atoms with Gasteiger partial charge in [-0.2, -0.15) is 4.98 Å². The summed E-state index contributed by atoms with van der Waals surface area (Å²) in [5.41, 5.74) is 3.97. The first kappa shape index (κ1) is 26.2. The molecule has 0 aliphatic carbocycles. The van der Waals surface area contributed by atoms with E-state index in [4.69, 9.17) is 14.7 Å². The Morgan fingerprint density at radius 1 is 1.10 bits per heavy atom. The van der Waals surface area contributed by atoms with E-state index >= 15 is 0 Å². The molecule has 200 valence electrons. The minimum absolute atomic E-state index is 0.300. The second-order valence-corrected chi connectivity index (χ2v) is 10.3. The van der Waals surface area contributed by atoms with E-state index in [1.165, 1.54) is 6.08 Å². The van der Waals surface area contributed by atoms with Crippen molar-refractivity contribution in [3.8, 4) is 11.6 Å². The van der Waals surface area contributed by atoms with Crippen molar-refractivity contribution in [3.63, 3.8) is 0 Å². The average molecular weight is 542 g/mol. The molecule has 0 saturated heterocycles. The smallest absolute Gasteiger partial charge is 0.247 e. The Labute approximate surface area is 231 Å². The van der Waals surface area contributed by atoms with Gasteiger partial charge in [0.2, 0.25) is 11.9 Å². The topological polar surface area (TPSA) is 87.5 Å². The van der Waals surface area contributed by atoms with Crippen molar-refractivity contribution in [1.29, 1.82) is 0 Å². The molecule has 5 rings (SSSR count). The number of fused-ring (bicyclic) bond motifs is 2. The molecule has 0 saturated carbocycles. The lowest BCUT2D eigenvalue weighted by Crippen LogP contribution is -2.29. The summed E-state index contributed by atoms with van der Waals surface area (Å²) in [5, 5.41) is 9.43. The van der Waals surface area contributed by atoms with Crippen molar-refractivity contribution < 1.29 is 9.53 Å². The number of likely N-dealkylation sites (N-methyl/N-ethyl adjacent to an activating group) is 2. The van der Waals surface area contributed by atoms with Gasteiger partial charge in [-0.1, -0.05) is 24.8 Å². The van der Waals surface area contributed by atoms with Crippen molar-refractivity contribution in [2.75, 3.05) is 56.9 Å². The summed E-state index contributed by atoms with van der Waals surface area (Å²) < 4.78 is 8.83. The number of hydrogen-bond donors (Lipinski definition) is 2. The molecule has 1 amide bonds. The minimum atomic E-state index is -0.300. The normalized spacial score (nSPS) is 11.2. The summed E-state index contributed by atoms with van der Waals surface area (Å²) in [6.07, 6.45) is 3.28. The van der Waals surface area contributed by atoms with E-state index in [1.54, 1.807) is 18.4 Å². The number of carbonyl (C=O) groups excluding carboxylic acids is 1. The second kappa shape index (κ2) is 11.1. The van der Waals surface area contributed by atoms with Crippen LogP contribution in [0.3, 0.4) is 0 Å². The number of benzene rings is 2. The number of nitrogens with zero attached hydrogens (tertiary/aromatic N) is 5. The molecule has 2 aromatic carbocycles. The molecule has 0 radical (unpaired) electrons. The van der Waals surface area contributed by atoms with Crippen LogP contribution in [0, 0.1) is 0 Å². The van der Waals surface area contributed by atoms with Crippen LogP contribution in [0.15, 0.2) is 72.8 Å². The number of thiophene rings is 1. The van der Waals surface area contributed by atoms with Gasteiger partial charge in [-0.15, -0.1) is 11.3 Å². The molecule has 2 N–H and O–H groups in total. The summed E-state index contributed by atoms with van der Waals surface area (Å²) in [6.45, 7) is 5.20. The van der Waals surface area contributed by atoms with Gasteiger partial charge in [0.1, 0.15) is 5.75 Å². The van der Waals surface area contributed by atoms with Crippen LogP contribution in [-0.4, -0.2) is 66.7 Å². The molecule has 9 nitrogen and oxygen atoms in total. The van der Waals surface area contributed by atoms with Crippen LogP contribution in [0.25, 0.3) is 26.9 Å². The lowest BCUT2D eigenvalue weighted by atomic mass is 10.2. The predicted molar refractivity (Wildman–Crippen MR) is 161 cm³/mol. The molecule has 5 aromatic rings. The molecule has 0 spiro atoms. The Hall–Kier alpha value is -4.41. The van der Waals surface area contributed by atoms with Crippen molar-refractivity contribution in [3.05, 3.63) is 72.8 Å². The monoisotopic (exact) mass is 541 g/mol. The minimum Gasteiger partial charge on any atom is -0.494 e. The fraction of sp³-hybridized carbons (Fsp3) is 0.207. The summed E-state index contributed by atoms with van der Waals surface area (Å²) in [7, 11) is 7.65. The van der Waals surface area contributed by atoms with Gasteiger partial charge in [-0.3, -0.25) is 9.36 Å². The van der Waals surface area contributed by atoms with E-state index in [0.29, 0.717) is 23.1 Å². The van der Waals surface area contributed by atoms with Crippen LogP contribution >= 0.6 is 11.3 Å². The van der Waals surface area contributed by atoms with E-state index < -0.39 is 0 Å². The van der Waals surface area contributed by atoms with Gasteiger partial charge < -0.3 is 25.2 Å². The number of nitrogens with one attached hydrogen (secondary N) is 2. The zero-order valence-corrected chi connectivity index (χ0v) is 23.2. The highest BCUT2D eigenvalue weighted by Crippen LogP contribution is 2.38. The number of aromatic nitrogens is 3. The molecule has 0 aliphatic rings. The first-order valence-corrected chi connectivity index (χ1v) is 13.4. The van der Waals surface area contributed by atoms with Gasteiger partial charge in [-0.05, 0) is 55.2 Å². The lowest BCUT2D eigenvalue weighted by molar-refractivity contribution is -0.111. The molecule has 3 heterocycles. The highest BCUT2D eigenvalue weighted by atomic mass is 32.1. The fourth-order valence-electron chi connectivity index (χ4n) is 4.36. The number of ether oxygens (including phenoxy) is 1. The average Bonchev–Trinajstić information content (AvgIpc) is 3.58. The first-order valence-electron chi connectivity index (χ1n) is 12.5. The summed E-state index contributed by atoms with van der Waals surface area (Å²) in [4.78, 5) is 26.2. The van der Waals surface area contributed by atoms with E-state index in [-0.39, 0.29) is 5.91 Å². The molecule has 0 aliphatic heterocycles. The van der Waals surface area contributed by atoms with Crippen LogP contribution in [0.2, 0.25) is 0 Å². The van der Waals surface area contributed by atoms with Gasteiger partial charge in [-0.25, -0.2) is 4.98 Å². The third kappa shape index (κ3) is 5.43. The van der Waals surface area contributed by atoms with Crippen molar-refractivity contribution in [1.82, 2.24) is 19.4 Å². The molecular weight excluding hydrogens is 510 g/mol. The van der Waals surface area contributed by atoms with Gasteiger partial charge in [0.15, 0.2) is 5.82 Å². The molecule has 39 heavy (non-hydrogen) atoms. The van der Waals surface area contributed by atoms with Crippen LogP contribution in [0.1, 0.15) is 0 Å². The number of rotatable bonds is 10. The maximum Gasteiger partial charge on any atom is 0.247 e. The highest BCUT2D eigenvalue weighted by molar-refractivity contribution is 7.17. The van der Waals surface area contributed by atoms with Crippen molar-refractivity contribution in [2.24, 2.45) is 0 Å². The molecule has 3 aromatic heterocycles. The largest absolute Gasteiger partial charge is 0.494 e. The Balaban J connectivity index is 1.58. The molecule has 0 bridgehead atoms.